The summed E-state index contributed by atoms with van der Waals surface area (Å²) in [6, 6.07) is 12.7. The van der Waals surface area contributed by atoms with E-state index >= 15 is 0 Å². The first-order chi connectivity index (χ1) is 12.6. The number of esters is 1. The van der Waals surface area contributed by atoms with Crippen molar-refractivity contribution in [2.45, 2.75) is 6.92 Å². The Labute approximate surface area is 161 Å². The molecule has 0 radical (unpaired) electrons. The van der Waals surface area contributed by atoms with E-state index in [9.17, 15) is 4.79 Å². The van der Waals surface area contributed by atoms with E-state index < -0.39 is 5.97 Å². The summed E-state index contributed by atoms with van der Waals surface area (Å²) in [6.45, 7) is 2.43. The van der Waals surface area contributed by atoms with Crippen LogP contribution in [0.4, 0.5) is 0 Å². The Bertz CT molecular complexity index is 932. The van der Waals surface area contributed by atoms with Crippen LogP contribution < -0.4 is 4.74 Å². The lowest BCUT2D eigenvalue weighted by Gasteiger charge is -2.06. The molecule has 132 valence electrons. The fourth-order valence-corrected chi connectivity index (χ4v) is 2.71. The molecule has 1 aliphatic heterocycles. The van der Waals surface area contributed by atoms with Crippen LogP contribution >= 0.6 is 23.2 Å². The van der Waals surface area contributed by atoms with Gasteiger partial charge in [-0.05, 0) is 36.8 Å². The van der Waals surface area contributed by atoms with Crippen molar-refractivity contribution in [2.24, 2.45) is 4.99 Å². The van der Waals surface area contributed by atoms with Gasteiger partial charge in [-0.1, -0.05) is 53.5 Å². The molecule has 0 saturated carbocycles. The lowest BCUT2D eigenvalue weighted by atomic mass is 10.1. The maximum atomic E-state index is 12.1. The van der Waals surface area contributed by atoms with E-state index in [2.05, 4.69) is 4.99 Å². The van der Waals surface area contributed by atoms with Gasteiger partial charge in [-0.15, -0.1) is 0 Å². The molecule has 2 aromatic carbocycles. The molecule has 3 rings (SSSR count). The number of rotatable bonds is 5. The van der Waals surface area contributed by atoms with Gasteiger partial charge in [0, 0.05) is 11.6 Å². The van der Waals surface area contributed by atoms with Crippen LogP contribution in [-0.2, 0) is 9.53 Å². The molecule has 0 atom stereocenters. The molecule has 0 fully saturated rings. The average molecular weight is 388 g/mol. The number of carbonyl (C=O) groups excluding carboxylic acids is 1. The topological polar surface area (TPSA) is 47.9 Å². The third kappa shape index (κ3) is 4.15. The Kier molecular flexibility index (Phi) is 5.76. The van der Waals surface area contributed by atoms with Crippen molar-refractivity contribution in [1.29, 1.82) is 0 Å². The maximum Gasteiger partial charge on any atom is 0.363 e. The van der Waals surface area contributed by atoms with Gasteiger partial charge in [-0.3, -0.25) is 0 Å². The molecule has 6 heteroatoms. The molecule has 0 unspecified atom stereocenters. The van der Waals surface area contributed by atoms with E-state index in [1.807, 2.05) is 31.2 Å². The molecule has 0 spiro atoms. The fraction of sp³-hybridized carbons (Fsp3) is 0.100. The van der Waals surface area contributed by atoms with Gasteiger partial charge in [0.1, 0.15) is 5.75 Å². The summed E-state index contributed by atoms with van der Waals surface area (Å²) < 4.78 is 10.7. The molecular formula is C20H15Cl2NO3. The number of para-hydroxylation sites is 1. The van der Waals surface area contributed by atoms with Crippen LogP contribution in [-0.4, -0.2) is 18.5 Å². The minimum Gasteiger partial charge on any atom is -0.493 e. The number of halogens is 2. The molecule has 0 N–H and O–H groups in total. The van der Waals surface area contributed by atoms with Crippen LogP contribution in [0.5, 0.6) is 5.75 Å². The zero-order chi connectivity index (χ0) is 18.5. The van der Waals surface area contributed by atoms with Crippen LogP contribution in [0, 0.1) is 0 Å². The minimum atomic E-state index is -0.520. The van der Waals surface area contributed by atoms with Crippen molar-refractivity contribution in [2.75, 3.05) is 6.61 Å². The highest BCUT2D eigenvalue weighted by atomic mass is 35.5. The van der Waals surface area contributed by atoms with Crippen molar-refractivity contribution in [3.8, 4) is 5.75 Å². The second-order valence-electron chi connectivity index (χ2n) is 5.32. The predicted molar refractivity (Wildman–Crippen MR) is 105 cm³/mol. The van der Waals surface area contributed by atoms with Crippen molar-refractivity contribution >= 4 is 47.2 Å². The second kappa shape index (κ2) is 8.21. The van der Waals surface area contributed by atoms with Gasteiger partial charge >= 0.3 is 5.97 Å². The second-order valence-corrected chi connectivity index (χ2v) is 6.10. The van der Waals surface area contributed by atoms with Crippen LogP contribution in [0.3, 0.4) is 0 Å². The normalized spacial score (nSPS) is 15.4. The Morgan fingerprint density at radius 1 is 1.08 bits per heavy atom. The Hall–Kier alpha value is -2.56. The number of aliphatic imine (C=N–C) groups is 1. The number of benzene rings is 2. The Morgan fingerprint density at radius 3 is 2.65 bits per heavy atom. The lowest BCUT2D eigenvalue weighted by Crippen LogP contribution is -2.01. The van der Waals surface area contributed by atoms with Gasteiger partial charge in [0.05, 0.1) is 16.7 Å². The summed E-state index contributed by atoms with van der Waals surface area (Å²) in [5.41, 5.74) is 1.67. The summed E-state index contributed by atoms with van der Waals surface area (Å²) in [5.74, 6) is 0.347. The van der Waals surface area contributed by atoms with Crippen LogP contribution in [0.1, 0.15) is 18.1 Å². The Morgan fingerprint density at radius 2 is 1.85 bits per heavy atom. The summed E-state index contributed by atoms with van der Waals surface area (Å²) in [6.07, 6.45) is 4.91. The highest BCUT2D eigenvalue weighted by molar-refractivity contribution is 6.42. The molecule has 4 nitrogen and oxygen atoms in total. The van der Waals surface area contributed by atoms with Crippen molar-refractivity contribution in [3.63, 3.8) is 0 Å². The molecule has 0 aliphatic carbocycles. The highest BCUT2D eigenvalue weighted by Crippen LogP contribution is 2.27. The predicted octanol–water partition coefficient (Wildman–Crippen LogP) is 5.40. The first-order valence-electron chi connectivity index (χ1n) is 7.95. The van der Waals surface area contributed by atoms with Gasteiger partial charge in [0.2, 0.25) is 5.90 Å². The van der Waals surface area contributed by atoms with E-state index in [4.69, 9.17) is 32.7 Å². The summed E-state index contributed by atoms with van der Waals surface area (Å²) in [5, 5.41) is 0.879. The van der Waals surface area contributed by atoms with E-state index in [-0.39, 0.29) is 11.6 Å². The number of nitrogens with zero attached hydrogens (tertiary/aromatic N) is 1. The minimum absolute atomic E-state index is 0.186. The molecule has 0 aromatic heterocycles. The molecule has 0 bridgehead atoms. The summed E-state index contributed by atoms with van der Waals surface area (Å²) in [4.78, 5) is 16.3. The summed E-state index contributed by atoms with van der Waals surface area (Å²) in [7, 11) is 0. The molecule has 2 aromatic rings. The zero-order valence-corrected chi connectivity index (χ0v) is 15.4. The molecule has 0 saturated heterocycles. The van der Waals surface area contributed by atoms with Crippen LogP contribution in [0.2, 0.25) is 10.0 Å². The zero-order valence-electron chi connectivity index (χ0n) is 13.9. The number of ether oxygens (including phenoxy) is 2. The van der Waals surface area contributed by atoms with E-state index in [1.54, 1.807) is 36.4 Å². The first kappa shape index (κ1) is 18.2. The molecular weight excluding hydrogens is 373 g/mol. The Balaban J connectivity index is 1.85. The number of hydrogen-bond acceptors (Lipinski definition) is 4. The van der Waals surface area contributed by atoms with Crippen LogP contribution in [0.25, 0.3) is 12.2 Å². The molecule has 0 amide bonds. The SMILES string of the molecule is CCOc1ccccc1/C=C1N=C(/C=C/c2cccc(Cl)c2Cl)OC\1=O. The van der Waals surface area contributed by atoms with Gasteiger partial charge in [0.25, 0.3) is 0 Å². The fourth-order valence-electron chi connectivity index (χ4n) is 2.34. The standard InChI is InChI=1S/C20H15Cl2NO3/c1-2-25-17-9-4-3-6-14(17)12-16-20(24)26-18(23-16)11-10-13-7-5-8-15(21)19(13)22/h3-12H,2H2,1H3/b11-10+,16-12-. The lowest BCUT2D eigenvalue weighted by molar-refractivity contribution is -0.129. The largest absolute Gasteiger partial charge is 0.493 e. The van der Waals surface area contributed by atoms with E-state index in [0.29, 0.717) is 28.0 Å². The van der Waals surface area contributed by atoms with Gasteiger partial charge < -0.3 is 9.47 Å². The summed E-state index contributed by atoms with van der Waals surface area (Å²) >= 11 is 12.1. The third-order valence-electron chi connectivity index (χ3n) is 3.54. The molecule has 26 heavy (non-hydrogen) atoms. The number of hydrogen-bond donors (Lipinski definition) is 0. The monoisotopic (exact) mass is 387 g/mol. The number of cyclic esters (lactones) is 1. The van der Waals surface area contributed by atoms with Gasteiger partial charge in [-0.2, -0.15) is 0 Å². The van der Waals surface area contributed by atoms with Crippen molar-refractivity contribution in [1.82, 2.24) is 0 Å². The van der Waals surface area contributed by atoms with Gasteiger partial charge in [-0.25, -0.2) is 9.79 Å². The quantitative estimate of drug-likeness (QED) is 0.509. The maximum absolute atomic E-state index is 12.1. The smallest absolute Gasteiger partial charge is 0.363 e. The molecule has 1 aliphatic rings. The average Bonchev–Trinajstić information content (AvgIpc) is 2.98. The van der Waals surface area contributed by atoms with E-state index in [1.165, 1.54) is 0 Å². The van der Waals surface area contributed by atoms with Crippen molar-refractivity contribution < 1.29 is 14.3 Å². The highest BCUT2D eigenvalue weighted by Gasteiger charge is 2.21. The van der Waals surface area contributed by atoms with E-state index in [0.717, 1.165) is 5.56 Å². The first-order valence-corrected chi connectivity index (χ1v) is 8.70. The van der Waals surface area contributed by atoms with Crippen molar-refractivity contribution in [3.05, 3.63) is 75.4 Å². The number of carbonyl (C=O) groups is 1. The van der Waals surface area contributed by atoms with Gasteiger partial charge in [0.15, 0.2) is 5.70 Å². The van der Waals surface area contributed by atoms with Crippen LogP contribution in [0.15, 0.2) is 59.2 Å². The third-order valence-corrected chi connectivity index (χ3v) is 4.37. The molecule has 1 heterocycles.